The zero-order valence-electron chi connectivity index (χ0n) is 15.0. The van der Waals surface area contributed by atoms with E-state index < -0.39 is 0 Å². The van der Waals surface area contributed by atoms with E-state index >= 15 is 0 Å². The standard InChI is InChI=1S/C20H28N4O/c1-23-13-10-21-20(23)15-25-17-7-5-16(6-8-17)14-22-18-9-12-24-11-3-2-4-19(18)24/h5-8,10,13,18-19,22H,2-4,9,11-12,14-15H2,1H3/t18-,19-/m0/s1. The normalized spacial score (nSPS) is 23.6. The van der Waals surface area contributed by atoms with Gasteiger partial charge in [0, 0.05) is 44.6 Å². The lowest BCUT2D eigenvalue weighted by Crippen LogP contribution is -2.44. The molecule has 2 aliphatic rings. The van der Waals surface area contributed by atoms with Crippen LogP contribution in [0.15, 0.2) is 36.7 Å². The van der Waals surface area contributed by atoms with Gasteiger partial charge in [-0.3, -0.25) is 4.90 Å². The number of hydrogen-bond donors (Lipinski definition) is 1. The van der Waals surface area contributed by atoms with Crippen molar-refractivity contribution in [2.24, 2.45) is 7.05 Å². The van der Waals surface area contributed by atoms with Gasteiger partial charge in [0.25, 0.3) is 0 Å². The zero-order valence-corrected chi connectivity index (χ0v) is 15.0. The van der Waals surface area contributed by atoms with Crippen molar-refractivity contribution >= 4 is 0 Å². The van der Waals surface area contributed by atoms with Crippen LogP contribution in [0, 0.1) is 0 Å². The largest absolute Gasteiger partial charge is 0.486 e. The maximum Gasteiger partial charge on any atom is 0.146 e. The van der Waals surface area contributed by atoms with E-state index in [2.05, 4.69) is 39.5 Å². The maximum absolute atomic E-state index is 5.82. The summed E-state index contributed by atoms with van der Waals surface area (Å²) in [6.45, 7) is 4.00. The number of fused-ring (bicyclic) bond motifs is 1. The van der Waals surface area contributed by atoms with Gasteiger partial charge in [-0.2, -0.15) is 0 Å². The second-order valence-corrected chi connectivity index (χ2v) is 7.26. The Bertz CT molecular complexity index is 681. The van der Waals surface area contributed by atoms with Crippen molar-refractivity contribution in [1.82, 2.24) is 19.8 Å². The number of imidazole rings is 1. The Kier molecular flexibility index (Phi) is 5.04. The molecule has 0 radical (unpaired) electrons. The zero-order chi connectivity index (χ0) is 17.1. The van der Waals surface area contributed by atoms with E-state index in [0.717, 1.165) is 24.2 Å². The lowest BCUT2D eigenvalue weighted by atomic mass is 9.99. The number of hydrogen-bond acceptors (Lipinski definition) is 4. The fourth-order valence-electron chi connectivity index (χ4n) is 4.12. The van der Waals surface area contributed by atoms with Gasteiger partial charge in [-0.25, -0.2) is 4.98 Å². The number of ether oxygens (including phenoxy) is 1. The summed E-state index contributed by atoms with van der Waals surface area (Å²) in [5.41, 5.74) is 1.32. The first-order valence-corrected chi connectivity index (χ1v) is 9.45. The number of aromatic nitrogens is 2. The van der Waals surface area contributed by atoms with Crippen molar-refractivity contribution in [3.63, 3.8) is 0 Å². The molecule has 2 aliphatic heterocycles. The summed E-state index contributed by atoms with van der Waals surface area (Å²) in [5, 5.41) is 3.78. The number of aryl methyl sites for hydroxylation is 1. The molecule has 134 valence electrons. The lowest BCUT2D eigenvalue weighted by molar-refractivity contribution is 0.180. The molecule has 1 aromatic carbocycles. The van der Waals surface area contributed by atoms with E-state index in [-0.39, 0.29) is 0 Å². The van der Waals surface area contributed by atoms with Gasteiger partial charge in [-0.1, -0.05) is 18.6 Å². The highest BCUT2D eigenvalue weighted by Gasteiger charge is 2.34. The molecule has 2 aromatic rings. The Balaban J connectivity index is 1.27. The number of piperidine rings is 1. The maximum atomic E-state index is 5.82. The van der Waals surface area contributed by atoms with Crippen LogP contribution < -0.4 is 10.1 Å². The van der Waals surface area contributed by atoms with Crippen molar-refractivity contribution < 1.29 is 4.74 Å². The Morgan fingerprint density at radius 2 is 2.04 bits per heavy atom. The molecule has 0 saturated carbocycles. The molecule has 25 heavy (non-hydrogen) atoms. The summed E-state index contributed by atoms with van der Waals surface area (Å²) >= 11 is 0. The summed E-state index contributed by atoms with van der Waals surface area (Å²) in [5.74, 6) is 1.83. The minimum atomic E-state index is 0.501. The fraction of sp³-hybridized carbons (Fsp3) is 0.550. The van der Waals surface area contributed by atoms with Crippen LogP contribution in [0.1, 0.15) is 37.1 Å². The molecule has 0 spiro atoms. The van der Waals surface area contributed by atoms with Crippen LogP contribution in [0.5, 0.6) is 5.75 Å². The van der Waals surface area contributed by atoms with E-state index in [0.29, 0.717) is 12.6 Å². The summed E-state index contributed by atoms with van der Waals surface area (Å²) < 4.78 is 7.81. The molecule has 5 nitrogen and oxygen atoms in total. The summed E-state index contributed by atoms with van der Waals surface area (Å²) in [7, 11) is 1.98. The van der Waals surface area contributed by atoms with Gasteiger partial charge in [-0.05, 0) is 43.5 Å². The molecule has 1 aromatic heterocycles. The predicted molar refractivity (Wildman–Crippen MR) is 98.4 cm³/mol. The van der Waals surface area contributed by atoms with Crippen LogP contribution in [-0.4, -0.2) is 39.6 Å². The Hall–Kier alpha value is -1.85. The third-order valence-corrected chi connectivity index (χ3v) is 5.64. The number of benzene rings is 1. The summed E-state index contributed by atoms with van der Waals surface area (Å²) in [6, 6.07) is 9.85. The molecule has 0 aliphatic carbocycles. The third kappa shape index (κ3) is 3.88. The topological polar surface area (TPSA) is 42.3 Å². The average molecular weight is 340 g/mol. The molecule has 2 atom stereocenters. The van der Waals surface area contributed by atoms with Crippen LogP contribution >= 0.6 is 0 Å². The van der Waals surface area contributed by atoms with E-state index in [1.54, 1.807) is 6.20 Å². The third-order valence-electron chi connectivity index (χ3n) is 5.64. The van der Waals surface area contributed by atoms with Gasteiger partial charge in [0.15, 0.2) is 0 Å². The first-order chi connectivity index (χ1) is 12.3. The molecule has 3 heterocycles. The Morgan fingerprint density at radius 1 is 1.16 bits per heavy atom. The Morgan fingerprint density at radius 3 is 2.84 bits per heavy atom. The van der Waals surface area contributed by atoms with Crippen LogP contribution in [0.4, 0.5) is 0 Å². The minimum absolute atomic E-state index is 0.501. The van der Waals surface area contributed by atoms with Gasteiger partial charge < -0.3 is 14.6 Å². The molecule has 0 amide bonds. The molecule has 2 saturated heterocycles. The second-order valence-electron chi connectivity index (χ2n) is 7.26. The quantitative estimate of drug-likeness (QED) is 0.878. The molecular weight excluding hydrogens is 312 g/mol. The summed E-state index contributed by atoms with van der Waals surface area (Å²) in [6.07, 6.45) is 9.14. The van der Waals surface area contributed by atoms with Crippen LogP contribution in [0.3, 0.4) is 0 Å². The van der Waals surface area contributed by atoms with E-state index in [1.807, 2.05) is 17.8 Å². The Labute approximate surface area is 150 Å². The monoisotopic (exact) mass is 340 g/mol. The van der Waals surface area contributed by atoms with Crippen LogP contribution in [0.2, 0.25) is 0 Å². The van der Waals surface area contributed by atoms with Crippen LogP contribution in [0.25, 0.3) is 0 Å². The van der Waals surface area contributed by atoms with E-state index in [4.69, 9.17) is 4.74 Å². The molecule has 5 heteroatoms. The smallest absolute Gasteiger partial charge is 0.146 e. The highest BCUT2D eigenvalue weighted by molar-refractivity contribution is 5.27. The molecule has 4 rings (SSSR count). The van der Waals surface area contributed by atoms with Crippen molar-refractivity contribution in [3.8, 4) is 5.75 Å². The highest BCUT2D eigenvalue weighted by atomic mass is 16.5. The lowest BCUT2D eigenvalue weighted by Gasteiger charge is -2.32. The second kappa shape index (κ2) is 7.58. The average Bonchev–Trinajstić information content (AvgIpc) is 3.25. The number of nitrogens with zero attached hydrogens (tertiary/aromatic N) is 3. The molecular formula is C20H28N4O. The molecule has 2 fully saturated rings. The minimum Gasteiger partial charge on any atom is -0.486 e. The predicted octanol–water partition coefficient (Wildman–Crippen LogP) is 2.72. The van der Waals surface area contributed by atoms with Gasteiger partial charge in [0.05, 0.1) is 0 Å². The van der Waals surface area contributed by atoms with Gasteiger partial charge in [-0.15, -0.1) is 0 Å². The molecule has 0 bridgehead atoms. The van der Waals surface area contributed by atoms with Crippen molar-refractivity contribution in [3.05, 3.63) is 48.0 Å². The first-order valence-electron chi connectivity index (χ1n) is 9.45. The molecule has 0 unspecified atom stereocenters. The van der Waals surface area contributed by atoms with Gasteiger partial charge in [0.1, 0.15) is 18.2 Å². The van der Waals surface area contributed by atoms with Crippen molar-refractivity contribution in [1.29, 1.82) is 0 Å². The first kappa shape index (κ1) is 16.6. The SMILES string of the molecule is Cn1ccnc1COc1ccc(CN[C@H]2CCN3CCCC[C@@H]23)cc1. The van der Waals surface area contributed by atoms with Crippen LogP contribution in [-0.2, 0) is 20.2 Å². The van der Waals surface area contributed by atoms with Crippen molar-refractivity contribution in [2.75, 3.05) is 13.1 Å². The molecule has 1 N–H and O–H groups in total. The van der Waals surface area contributed by atoms with E-state index in [1.165, 1.54) is 44.3 Å². The van der Waals surface area contributed by atoms with E-state index in [9.17, 15) is 0 Å². The fourth-order valence-corrected chi connectivity index (χ4v) is 4.12. The number of rotatable bonds is 6. The number of nitrogens with one attached hydrogen (secondary N) is 1. The van der Waals surface area contributed by atoms with Gasteiger partial charge in [0.2, 0.25) is 0 Å². The van der Waals surface area contributed by atoms with Gasteiger partial charge >= 0.3 is 0 Å². The summed E-state index contributed by atoms with van der Waals surface area (Å²) in [4.78, 5) is 6.96. The van der Waals surface area contributed by atoms with Crippen molar-refractivity contribution in [2.45, 2.75) is 50.9 Å². The highest BCUT2D eigenvalue weighted by Crippen LogP contribution is 2.27.